The van der Waals surface area contributed by atoms with Crippen LogP contribution in [-0.4, -0.2) is 43.4 Å². The van der Waals surface area contributed by atoms with E-state index < -0.39 is 10.0 Å². The van der Waals surface area contributed by atoms with E-state index in [0.29, 0.717) is 12.1 Å². The van der Waals surface area contributed by atoms with Crippen LogP contribution in [0.2, 0.25) is 0 Å². The Balaban J connectivity index is 2.08. The first-order valence-corrected chi connectivity index (χ1v) is 11.6. The van der Waals surface area contributed by atoms with Gasteiger partial charge in [0.25, 0.3) is 0 Å². The molecule has 0 bridgehead atoms. The summed E-state index contributed by atoms with van der Waals surface area (Å²) in [6.07, 6.45) is 1.72. The number of amides is 1. The fourth-order valence-electron chi connectivity index (χ4n) is 3.39. The number of fused-ring (bicyclic) bond motifs is 1. The Morgan fingerprint density at radius 3 is 2.56 bits per heavy atom. The Morgan fingerprint density at radius 1 is 1.22 bits per heavy atom. The van der Waals surface area contributed by atoms with Crippen molar-refractivity contribution in [3.63, 3.8) is 0 Å². The van der Waals surface area contributed by atoms with E-state index in [0.717, 1.165) is 15.6 Å². The molecular formula is C19H20BrClN2O3S. The van der Waals surface area contributed by atoms with E-state index in [1.807, 2.05) is 48.5 Å². The smallest absolute Gasteiger partial charge is 0.241 e. The fourth-order valence-corrected chi connectivity index (χ4v) is 5.00. The minimum absolute atomic E-state index is 0.160. The number of nitrogens with zero attached hydrogens (tertiary/aromatic N) is 2. The summed E-state index contributed by atoms with van der Waals surface area (Å²) in [5.74, 6) is -0.402. The molecule has 27 heavy (non-hydrogen) atoms. The Labute approximate surface area is 173 Å². The van der Waals surface area contributed by atoms with Crippen molar-refractivity contribution in [1.29, 1.82) is 0 Å². The predicted molar refractivity (Wildman–Crippen MR) is 112 cm³/mol. The summed E-state index contributed by atoms with van der Waals surface area (Å²) in [6, 6.07) is 14.8. The third-order valence-corrected chi connectivity index (χ3v) is 6.62. The number of carbonyl (C=O) groups is 1. The molecule has 1 atom stereocenters. The zero-order valence-electron chi connectivity index (χ0n) is 14.8. The van der Waals surface area contributed by atoms with E-state index in [1.54, 1.807) is 4.90 Å². The molecule has 0 aromatic heterocycles. The lowest BCUT2D eigenvalue weighted by Gasteiger charge is -2.30. The predicted octanol–water partition coefficient (Wildman–Crippen LogP) is 3.41. The molecule has 1 heterocycles. The van der Waals surface area contributed by atoms with Crippen molar-refractivity contribution in [3.8, 4) is 0 Å². The van der Waals surface area contributed by atoms with Gasteiger partial charge in [0, 0.05) is 29.3 Å². The highest BCUT2D eigenvalue weighted by atomic mass is 79.9. The second kappa shape index (κ2) is 8.31. The monoisotopic (exact) mass is 470 g/mol. The standard InChI is InChI=1S/C19H20BrClN2O3S/c1-27(25,26)23-12-15-10-16(20)7-8-18(15)22(19(24)11-21)13-17(23)9-14-5-3-2-4-6-14/h2-8,10,17H,9,11-13H2,1H3/t17-/m1/s1. The number of carbonyl (C=O) groups excluding carboxylic acids is 1. The maximum Gasteiger partial charge on any atom is 0.241 e. The van der Waals surface area contributed by atoms with Crippen LogP contribution >= 0.6 is 27.5 Å². The molecule has 0 fully saturated rings. The molecule has 1 amide bonds. The van der Waals surface area contributed by atoms with Gasteiger partial charge in [-0.05, 0) is 35.7 Å². The number of benzene rings is 2. The summed E-state index contributed by atoms with van der Waals surface area (Å²) in [5, 5.41) is 0. The highest BCUT2D eigenvalue weighted by molar-refractivity contribution is 9.10. The summed E-state index contributed by atoms with van der Waals surface area (Å²) in [6.45, 7) is 0.458. The van der Waals surface area contributed by atoms with Crippen molar-refractivity contribution >= 4 is 49.1 Å². The van der Waals surface area contributed by atoms with Gasteiger partial charge in [-0.2, -0.15) is 4.31 Å². The van der Waals surface area contributed by atoms with E-state index >= 15 is 0 Å². The zero-order valence-corrected chi connectivity index (χ0v) is 18.0. The summed E-state index contributed by atoms with van der Waals surface area (Å²) in [5.41, 5.74) is 2.48. The van der Waals surface area contributed by atoms with Gasteiger partial charge in [0.1, 0.15) is 5.88 Å². The highest BCUT2D eigenvalue weighted by Crippen LogP contribution is 2.32. The van der Waals surface area contributed by atoms with Crippen LogP contribution in [0.3, 0.4) is 0 Å². The summed E-state index contributed by atoms with van der Waals surface area (Å²) in [4.78, 5) is 14.1. The molecule has 1 aliphatic rings. The number of hydrogen-bond acceptors (Lipinski definition) is 3. The van der Waals surface area contributed by atoms with E-state index in [4.69, 9.17) is 11.6 Å². The molecule has 0 radical (unpaired) electrons. The van der Waals surface area contributed by atoms with Crippen LogP contribution in [0.15, 0.2) is 53.0 Å². The zero-order chi connectivity index (χ0) is 19.6. The van der Waals surface area contributed by atoms with Gasteiger partial charge in [-0.1, -0.05) is 46.3 Å². The van der Waals surface area contributed by atoms with Crippen molar-refractivity contribution in [3.05, 3.63) is 64.1 Å². The van der Waals surface area contributed by atoms with E-state index in [9.17, 15) is 13.2 Å². The van der Waals surface area contributed by atoms with Crippen LogP contribution in [0.1, 0.15) is 11.1 Å². The van der Waals surface area contributed by atoms with Crippen LogP contribution in [0.5, 0.6) is 0 Å². The Bertz CT molecular complexity index is 937. The molecular weight excluding hydrogens is 452 g/mol. The number of anilines is 1. The molecule has 0 saturated carbocycles. The first-order chi connectivity index (χ1) is 12.8. The van der Waals surface area contributed by atoms with Crippen LogP contribution in [-0.2, 0) is 27.8 Å². The molecule has 5 nitrogen and oxygen atoms in total. The molecule has 0 aliphatic carbocycles. The SMILES string of the molecule is CS(=O)(=O)N1Cc2cc(Br)ccc2N(C(=O)CCl)C[C@H]1Cc1ccccc1. The Kier molecular flexibility index (Phi) is 6.25. The molecule has 2 aromatic rings. The molecule has 8 heteroatoms. The lowest BCUT2D eigenvalue weighted by Crippen LogP contribution is -2.47. The van der Waals surface area contributed by atoms with Crippen LogP contribution in [0.4, 0.5) is 5.69 Å². The van der Waals surface area contributed by atoms with Crippen LogP contribution in [0, 0.1) is 0 Å². The van der Waals surface area contributed by atoms with Gasteiger partial charge in [-0.3, -0.25) is 4.79 Å². The van der Waals surface area contributed by atoms with Crippen molar-refractivity contribution in [2.75, 3.05) is 23.6 Å². The highest BCUT2D eigenvalue weighted by Gasteiger charge is 2.35. The van der Waals surface area contributed by atoms with E-state index in [1.165, 1.54) is 10.6 Å². The normalized spacial score (nSPS) is 18.0. The average molecular weight is 472 g/mol. The third kappa shape index (κ3) is 4.71. The number of alkyl halides is 1. The molecule has 0 spiro atoms. The van der Waals surface area contributed by atoms with Gasteiger partial charge in [-0.15, -0.1) is 11.6 Å². The number of sulfonamides is 1. The Hall–Kier alpha value is -1.41. The number of halogens is 2. The van der Waals surface area contributed by atoms with Crippen LogP contribution < -0.4 is 4.90 Å². The summed E-state index contributed by atoms with van der Waals surface area (Å²) < 4.78 is 27.4. The average Bonchev–Trinajstić information content (AvgIpc) is 2.78. The van der Waals surface area contributed by atoms with Crippen LogP contribution in [0.25, 0.3) is 0 Å². The lowest BCUT2D eigenvalue weighted by atomic mass is 10.1. The fraction of sp³-hybridized carbons (Fsp3) is 0.316. The van der Waals surface area contributed by atoms with Gasteiger partial charge >= 0.3 is 0 Å². The molecule has 2 aromatic carbocycles. The first-order valence-electron chi connectivity index (χ1n) is 8.45. The topological polar surface area (TPSA) is 57.7 Å². The second-order valence-corrected chi connectivity index (χ2v) is 9.68. The molecule has 144 valence electrons. The summed E-state index contributed by atoms with van der Waals surface area (Å²) >= 11 is 9.27. The third-order valence-electron chi connectivity index (χ3n) is 4.61. The largest absolute Gasteiger partial charge is 0.309 e. The van der Waals surface area contributed by atoms with E-state index in [2.05, 4.69) is 15.9 Å². The molecule has 3 rings (SSSR count). The quantitative estimate of drug-likeness (QED) is 0.642. The number of rotatable bonds is 4. The molecule has 0 unspecified atom stereocenters. The first kappa shape index (κ1) is 20.3. The Morgan fingerprint density at radius 2 is 1.93 bits per heavy atom. The molecule has 0 N–H and O–H groups in total. The maximum atomic E-state index is 12.6. The van der Waals surface area contributed by atoms with Crippen molar-refractivity contribution < 1.29 is 13.2 Å². The van der Waals surface area contributed by atoms with Crippen molar-refractivity contribution in [2.24, 2.45) is 0 Å². The van der Waals surface area contributed by atoms with Crippen molar-refractivity contribution in [2.45, 2.75) is 19.0 Å². The maximum absolute atomic E-state index is 12.6. The minimum Gasteiger partial charge on any atom is -0.309 e. The molecule has 0 saturated heterocycles. The van der Waals surface area contributed by atoms with Gasteiger partial charge < -0.3 is 4.90 Å². The van der Waals surface area contributed by atoms with Crippen molar-refractivity contribution in [1.82, 2.24) is 4.31 Å². The van der Waals surface area contributed by atoms with Gasteiger partial charge in [0.15, 0.2) is 0 Å². The second-order valence-electron chi connectivity index (χ2n) is 6.56. The lowest BCUT2D eigenvalue weighted by molar-refractivity contribution is -0.116. The molecule has 1 aliphatic heterocycles. The van der Waals surface area contributed by atoms with Gasteiger partial charge in [0.05, 0.1) is 6.26 Å². The van der Waals surface area contributed by atoms with Gasteiger partial charge in [0.2, 0.25) is 15.9 Å². The minimum atomic E-state index is -3.48. The summed E-state index contributed by atoms with van der Waals surface area (Å²) in [7, 11) is -3.48. The van der Waals surface area contributed by atoms with Gasteiger partial charge in [-0.25, -0.2) is 8.42 Å². The number of hydrogen-bond donors (Lipinski definition) is 0. The van der Waals surface area contributed by atoms with E-state index in [-0.39, 0.29) is 30.9 Å².